The molecular weight excluding hydrogens is 372 g/mol. The minimum Gasteiger partial charge on any atom is -0.497 e. The summed E-state index contributed by atoms with van der Waals surface area (Å²) in [5.41, 5.74) is 2.71. The van der Waals surface area contributed by atoms with Gasteiger partial charge in [-0.1, -0.05) is 19.1 Å². The van der Waals surface area contributed by atoms with Gasteiger partial charge in [-0.25, -0.2) is 4.98 Å². The maximum Gasteiger partial charge on any atom is 0.250 e. The lowest BCUT2D eigenvalue weighted by molar-refractivity contribution is -0.111. The van der Waals surface area contributed by atoms with Gasteiger partial charge in [-0.15, -0.1) is 11.3 Å². The highest BCUT2D eigenvalue weighted by molar-refractivity contribution is 7.14. The fourth-order valence-corrected chi connectivity index (χ4v) is 3.16. The Morgan fingerprint density at radius 1 is 1.11 bits per heavy atom. The van der Waals surface area contributed by atoms with Crippen LogP contribution >= 0.6 is 11.3 Å². The molecule has 2 aromatic carbocycles. The summed E-state index contributed by atoms with van der Waals surface area (Å²) in [7, 11) is 1.63. The van der Waals surface area contributed by atoms with Gasteiger partial charge in [0.05, 0.1) is 19.4 Å². The fraction of sp³-hybridized carbons (Fsp3) is 0.182. The third-order valence-electron chi connectivity index (χ3n) is 3.90. The first-order chi connectivity index (χ1) is 13.7. The lowest BCUT2D eigenvalue weighted by atomic mass is 10.2. The predicted molar refractivity (Wildman–Crippen MR) is 114 cm³/mol. The van der Waals surface area contributed by atoms with Gasteiger partial charge >= 0.3 is 0 Å². The van der Waals surface area contributed by atoms with Crippen molar-refractivity contribution in [2.45, 2.75) is 13.3 Å². The average molecular weight is 394 g/mol. The zero-order valence-electron chi connectivity index (χ0n) is 15.8. The first kappa shape index (κ1) is 19.6. The molecule has 144 valence electrons. The van der Waals surface area contributed by atoms with Crippen molar-refractivity contribution >= 4 is 28.5 Å². The highest BCUT2D eigenvalue weighted by Crippen LogP contribution is 2.26. The average Bonchev–Trinajstić information content (AvgIpc) is 3.20. The van der Waals surface area contributed by atoms with Crippen LogP contribution < -0.4 is 14.8 Å². The molecule has 3 aromatic rings. The summed E-state index contributed by atoms with van der Waals surface area (Å²) in [6.07, 6.45) is 4.23. The van der Waals surface area contributed by atoms with Crippen molar-refractivity contribution < 1.29 is 14.3 Å². The highest BCUT2D eigenvalue weighted by Gasteiger charge is 2.06. The summed E-state index contributed by atoms with van der Waals surface area (Å²) < 4.78 is 10.7. The SMILES string of the molecule is CCCOc1ccc(/C=C/C(=O)Nc2nc(-c3ccc(OC)cc3)cs2)cc1. The molecule has 0 aliphatic carbocycles. The largest absolute Gasteiger partial charge is 0.497 e. The van der Waals surface area contributed by atoms with Crippen molar-refractivity contribution in [1.29, 1.82) is 0 Å². The fourth-order valence-electron chi connectivity index (χ4n) is 2.44. The Morgan fingerprint density at radius 3 is 2.50 bits per heavy atom. The lowest BCUT2D eigenvalue weighted by Crippen LogP contribution is -2.07. The number of anilines is 1. The Hall–Kier alpha value is -3.12. The number of nitrogens with zero attached hydrogens (tertiary/aromatic N) is 1. The van der Waals surface area contributed by atoms with E-state index in [0.717, 1.165) is 34.7 Å². The molecule has 5 nitrogen and oxygen atoms in total. The van der Waals surface area contributed by atoms with Crippen LogP contribution in [0.2, 0.25) is 0 Å². The van der Waals surface area contributed by atoms with Crippen LogP contribution in [-0.2, 0) is 4.79 Å². The number of carbonyl (C=O) groups is 1. The number of amides is 1. The van der Waals surface area contributed by atoms with Crippen LogP contribution in [0.3, 0.4) is 0 Å². The molecule has 0 aliphatic rings. The molecule has 0 aliphatic heterocycles. The number of rotatable bonds is 8. The molecule has 0 saturated heterocycles. The molecule has 0 spiro atoms. The molecule has 6 heteroatoms. The normalized spacial score (nSPS) is 10.8. The second-order valence-electron chi connectivity index (χ2n) is 6.01. The Balaban J connectivity index is 1.57. The molecule has 0 unspecified atom stereocenters. The number of hydrogen-bond acceptors (Lipinski definition) is 5. The Morgan fingerprint density at radius 2 is 1.82 bits per heavy atom. The van der Waals surface area contributed by atoms with E-state index in [2.05, 4.69) is 17.2 Å². The van der Waals surface area contributed by atoms with Crippen LogP contribution in [0.5, 0.6) is 11.5 Å². The number of aromatic nitrogens is 1. The molecular formula is C22H22N2O3S. The van der Waals surface area contributed by atoms with Gasteiger partial charge in [0.25, 0.3) is 0 Å². The van der Waals surface area contributed by atoms with Crippen LogP contribution in [0, 0.1) is 0 Å². The Kier molecular flexibility index (Phi) is 6.81. The highest BCUT2D eigenvalue weighted by atomic mass is 32.1. The van der Waals surface area contributed by atoms with Crippen LogP contribution in [0.1, 0.15) is 18.9 Å². The summed E-state index contributed by atoms with van der Waals surface area (Å²) in [4.78, 5) is 16.6. The van der Waals surface area contributed by atoms with Crippen molar-refractivity contribution in [2.75, 3.05) is 19.0 Å². The van der Waals surface area contributed by atoms with E-state index in [0.29, 0.717) is 11.7 Å². The molecule has 0 saturated carbocycles. The van der Waals surface area contributed by atoms with Gasteiger partial charge in [0.15, 0.2) is 5.13 Å². The zero-order valence-corrected chi connectivity index (χ0v) is 16.7. The van der Waals surface area contributed by atoms with E-state index in [1.54, 1.807) is 13.2 Å². The Labute approximate surface area is 168 Å². The summed E-state index contributed by atoms with van der Waals surface area (Å²) >= 11 is 1.39. The van der Waals surface area contributed by atoms with E-state index in [4.69, 9.17) is 9.47 Å². The number of ether oxygens (including phenoxy) is 2. The number of carbonyl (C=O) groups excluding carboxylic acids is 1. The second kappa shape index (κ2) is 9.71. The molecule has 1 aromatic heterocycles. The minimum absolute atomic E-state index is 0.220. The number of benzene rings is 2. The Bertz CT molecular complexity index is 931. The quantitative estimate of drug-likeness (QED) is 0.530. The molecule has 3 rings (SSSR count). The maximum absolute atomic E-state index is 12.2. The third kappa shape index (κ3) is 5.44. The summed E-state index contributed by atoms with van der Waals surface area (Å²) in [6, 6.07) is 15.3. The van der Waals surface area contributed by atoms with Gasteiger partial charge in [-0.05, 0) is 54.5 Å². The molecule has 0 atom stereocenters. The monoisotopic (exact) mass is 394 g/mol. The van der Waals surface area contributed by atoms with E-state index in [1.165, 1.54) is 17.4 Å². The summed E-state index contributed by atoms with van der Waals surface area (Å²) in [5, 5.41) is 5.27. The second-order valence-corrected chi connectivity index (χ2v) is 6.86. The van der Waals surface area contributed by atoms with E-state index < -0.39 is 0 Å². The molecule has 1 amide bonds. The van der Waals surface area contributed by atoms with Crippen LogP contribution in [-0.4, -0.2) is 24.6 Å². The van der Waals surface area contributed by atoms with E-state index >= 15 is 0 Å². The van der Waals surface area contributed by atoms with Gasteiger partial charge in [0.1, 0.15) is 11.5 Å². The first-order valence-electron chi connectivity index (χ1n) is 9.00. The standard InChI is InChI=1S/C22H22N2O3S/c1-3-14-27-19-9-4-16(5-10-19)6-13-21(25)24-22-23-20(15-28-22)17-7-11-18(26-2)12-8-17/h4-13,15H,3,14H2,1-2H3,(H,23,24,25)/b13-6+. The number of thiazole rings is 1. The van der Waals surface area contributed by atoms with Crippen molar-refractivity contribution in [3.63, 3.8) is 0 Å². The van der Waals surface area contributed by atoms with Gasteiger partial charge < -0.3 is 9.47 Å². The summed E-state index contributed by atoms with van der Waals surface area (Å²) in [5.74, 6) is 1.40. The van der Waals surface area contributed by atoms with Crippen LogP contribution in [0.4, 0.5) is 5.13 Å². The predicted octanol–water partition coefficient (Wildman–Crippen LogP) is 5.26. The van der Waals surface area contributed by atoms with Gasteiger partial charge in [0, 0.05) is 17.0 Å². The number of nitrogens with one attached hydrogen (secondary N) is 1. The molecule has 1 N–H and O–H groups in total. The number of hydrogen-bond donors (Lipinski definition) is 1. The molecule has 0 radical (unpaired) electrons. The number of methoxy groups -OCH3 is 1. The third-order valence-corrected chi connectivity index (χ3v) is 4.66. The van der Waals surface area contributed by atoms with Crippen LogP contribution in [0.15, 0.2) is 60.0 Å². The van der Waals surface area contributed by atoms with Crippen LogP contribution in [0.25, 0.3) is 17.3 Å². The molecule has 1 heterocycles. The van der Waals surface area contributed by atoms with Gasteiger partial charge in [-0.2, -0.15) is 0 Å². The molecule has 0 fully saturated rings. The topological polar surface area (TPSA) is 60.5 Å². The molecule has 28 heavy (non-hydrogen) atoms. The van der Waals surface area contributed by atoms with Gasteiger partial charge in [0.2, 0.25) is 5.91 Å². The first-order valence-corrected chi connectivity index (χ1v) is 9.88. The smallest absolute Gasteiger partial charge is 0.250 e. The molecule has 0 bridgehead atoms. The van der Waals surface area contributed by atoms with E-state index in [9.17, 15) is 4.79 Å². The minimum atomic E-state index is -0.220. The lowest BCUT2D eigenvalue weighted by Gasteiger charge is -2.04. The van der Waals surface area contributed by atoms with Crippen molar-refractivity contribution in [3.05, 3.63) is 65.6 Å². The van der Waals surface area contributed by atoms with E-state index in [-0.39, 0.29) is 5.91 Å². The maximum atomic E-state index is 12.2. The van der Waals surface area contributed by atoms with Crippen molar-refractivity contribution in [3.8, 4) is 22.8 Å². The van der Waals surface area contributed by atoms with Crippen molar-refractivity contribution in [1.82, 2.24) is 4.98 Å². The summed E-state index contributed by atoms with van der Waals surface area (Å²) in [6.45, 7) is 2.77. The van der Waals surface area contributed by atoms with Gasteiger partial charge in [-0.3, -0.25) is 10.1 Å². The van der Waals surface area contributed by atoms with E-state index in [1.807, 2.05) is 53.9 Å². The zero-order chi connectivity index (χ0) is 19.8. The van der Waals surface area contributed by atoms with Crippen molar-refractivity contribution in [2.24, 2.45) is 0 Å².